The van der Waals surface area contributed by atoms with E-state index in [1.807, 2.05) is 19.9 Å². The van der Waals surface area contributed by atoms with Gasteiger partial charge in [0.15, 0.2) is 5.78 Å². The quantitative estimate of drug-likeness (QED) is 0.799. The second-order valence-electron chi connectivity index (χ2n) is 4.41. The maximum absolute atomic E-state index is 12.1. The molecule has 2 nitrogen and oxygen atoms in total. The Kier molecular flexibility index (Phi) is 2.61. The first-order valence-electron chi connectivity index (χ1n) is 5.52. The van der Waals surface area contributed by atoms with Crippen molar-refractivity contribution >= 4 is 5.78 Å². The second-order valence-corrected chi connectivity index (χ2v) is 4.41. The number of ketones is 1. The molecule has 80 valence electrons. The third-order valence-electron chi connectivity index (χ3n) is 3.30. The van der Waals surface area contributed by atoms with E-state index in [4.69, 9.17) is 5.73 Å². The summed E-state index contributed by atoms with van der Waals surface area (Å²) in [6.45, 7) is 4.05. The smallest absolute Gasteiger partial charge is 0.168 e. The number of aryl methyl sites for hydroxylation is 1. The van der Waals surface area contributed by atoms with Gasteiger partial charge in [0.2, 0.25) is 0 Å². The van der Waals surface area contributed by atoms with Gasteiger partial charge < -0.3 is 5.73 Å². The maximum Gasteiger partial charge on any atom is 0.168 e. The largest absolute Gasteiger partial charge is 0.327 e. The first-order chi connectivity index (χ1) is 7.13. The highest BCUT2D eigenvalue weighted by Crippen LogP contribution is 2.29. The Balaban J connectivity index is 2.33. The minimum Gasteiger partial charge on any atom is -0.327 e. The monoisotopic (exact) mass is 203 g/mol. The van der Waals surface area contributed by atoms with Gasteiger partial charge >= 0.3 is 0 Å². The van der Waals surface area contributed by atoms with Crippen LogP contribution in [-0.4, -0.2) is 11.8 Å². The van der Waals surface area contributed by atoms with Gasteiger partial charge in [-0.25, -0.2) is 0 Å². The summed E-state index contributed by atoms with van der Waals surface area (Å²) in [6.07, 6.45) is 1.69. The summed E-state index contributed by atoms with van der Waals surface area (Å²) in [4.78, 5) is 12.1. The molecule has 1 aliphatic carbocycles. The number of Topliss-reactive ketones (excluding diaryl/α,β-unsaturated/α-hetero) is 1. The minimum atomic E-state index is 0.00482. The van der Waals surface area contributed by atoms with Gasteiger partial charge in [-0.15, -0.1) is 0 Å². The van der Waals surface area contributed by atoms with Gasteiger partial charge in [0, 0.05) is 17.5 Å². The number of hydrogen-bond acceptors (Lipinski definition) is 2. The van der Waals surface area contributed by atoms with Gasteiger partial charge in [-0.2, -0.15) is 0 Å². The molecule has 1 aromatic carbocycles. The summed E-state index contributed by atoms with van der Waals surface area (Å²) in [6, 6.07) is 6.11. The molecule has 0 aromatic heterocycles. The van der Waals surface area contributed by atoms with Crippen molar-refractivity contribution in [3.8, 4) is 0 Å². The highest BCUT2D eigenvalue weighted by atomic mass is 16.1. The number of nitrogens with two attached hydrogens (primary N) is 1. The van der Waals surface area contributed by atoms with E-state index in [9.17, 15) is 4.79 Å². The second kappa shape index (κ2) is 3.78. The topological polar surface area (TPSA) is 43.1 Å². The summed E-state index contributed by atoms with van der Waals surface area (Å²) < 4.78 is 0. The fraction of sp³-hybridized carbons (Fsp3) is 0.462. The molecule has 2 atom stereocenters. The van der Waals surface area contributed by atoms with Crippen molar-refractivity contribution in [1.82, 2.24) is 0 Å². The van der Waals surface area contributed by atoms with Crippen LogP contribution in [-0.2, 0) is 6.42 Å². The van der Waals surface area contributed by atoms with Gasteiger partial charge in [0.25, 0.3) is 0 Å². The average molecular weight is 203 g/mol. The zero-order chi connectivity index (χ0) is 11.0. The first kappa shape index (κ1) is 10.4. The lowest BCUT2D eigenvalue weighted by molar-refractivity contribution is 0.0918. The predicted octanol–water partition coefficient (Wildman–Crippen LogP) is 2.09. The Morgan fingerprint density at radius 1 is 1.53 bits per heavy atom. The molecule has 1 aromatic rings. The molecule has 2 rings (SSSR count). The Bertz CT molecular complexity index is 398. The SMILES string of the molecule is CCC(N)C1Cc2ccc(C)cc2C1=O. The van der Waals surface area contributed by atoms with E-state index in [1.165, 1.54) is 5.56 Å². The molecule has 0 radical (unpaired) electrons. The maximum atomic E-state index is 12.1. The van der Waals surface area contributed by atoms with E-state index in [0.717, 1.165) is 24.0 Å². The number of carbonyl (C=O) groups excluding carboxylic acids is 1. The predicted molar refractivity (Wildman–Crippen MR) is 61.0 cm³/mol. The van der Waals surface area contributed by atoms with E-state index in [-0.39, 0.29) is 17.7 Å². The van der Waals surface area contributed by atoms with E-state index in [2.05, 4.69) is 12.1 Å². The van der Waals surface area contributed by atoms with Crippen LogP contribution in [0, 0.1) is 12.8 Å². The molecule has 0 fully saturated rings. The van der Waals surface area contributed by atoms with Crippen LogP contribution in [0.3, 0.4) is 0 Å². The van der Waals surface area contributed by atoms with Gasteiger partial charge in [-0.05, 0) is 31.4 Å². The van der Waals surface area contributed by atoms with Crippen molar-refractivity contribution in [2.75, 3.05) is 0 Å². The highest BCUT2D eigenvalue weighted by molar-refractivity contribution is 6.02. The minimum absolute atomic E-state index is 0.00482. The Hall–Kier alpha value is -1.15. The van der Waals surface area contributed by atoms with Crippen LogP contribution < -0.4 is 5.73 Å². The van der Waals surface area contributed by atoms with Crippen LogP contribution in [0.5, 0.6) is 0 Å². The molecule has 0 saturated carbocycles. The van der Waals surface area contributed by atoms with Crippen LogP contribution in [0.4, 0.5) is 0 Å². The standard InChI is InChI=1S/C13H17NO/c1-3-12(14)11-7-9-5-4-8(2)6-10(9)13(11)15/h4-6,11-12H,3,7,14H2,1-2H3. The third kappa shape index (κ3) is 1.70. The number of carbonyl (C=O) groups is 1. The van der Waals surface area contributed by atoms with Crippen molar-refractivity contribution in [2.45, 2.75) is 32.7 Å². The van der Waals surface area contributed by atoms with E-state index in [0.29, 0.717) is 0 Å². The molecular formula is C13H17NO. The molecule has 2 unspecified atom stereocenters. The van der Waals surface area contributed by atoms with Crippen molar-refractivity contribution in [1.29, 1.82) is 0 Å². The van der Waals surface area contributed by atoms with Gasteiger partial charge in [0.1, 0.15) is 0 Å². The summed E-state index contributed by atoms with van der Waals surface area (Å²) in [5.74, 6) is 0.245. The normalized spacial score (nSPS) is 21.5. The first-order valence-corrected chi connectivity index (χ1v) is 5.52. The molecule has 0 bridgehead atoms. The lowest BCUT2D eigenvalue weighted by atomic mass is 9.94. The summed E-state index contributed by atoms with van der Waals surface area (Å²) in [7, 11) is 0. The van der Waals surface area contributed by atoms with Gasteiger partial charge in [-0.3, -0.25) is 4.79 Å². The molecular weight excluding hydrogens is 186 g/mol. The van der Waals surface area contributed by atoms with Crippen LogP contribution in [0.1, 0.15) is 34.8 Å². The molecule has 2 N–H and O–H groups in total. The van der Waals surface area contributed by atoms with Crippen molar-refractivity contribution in [3.05, 3.63) is 34.9 Å². The lowest BCUT2D eigenvalue weighted by Gasteiger charge is -2.14. The Morgan fingerprint density at radius 3 is 2.93 bits per heavy atom. The van der Waals surface area contributed by atoms with E-state index in [1.54, 1.807) is 0 Å². The van der Waals surface area contributed by atoms with E-state index >= 15 is 0 Å². The molecule has 1 aliphatic rings. The van der Waals surface area contributed by atoms with Crippen molar-refractivity contribution in [2.24, 2.45) is 11.7 Å². The Morgan fingerprint density at radius 2 is 2.27 bits per heavy atom. The fourth-order valence-corrected chi connectivity index (χ4v) is 2.26. The number of rotatable bonds is 2. The molecule has 0 heterocycles. The molecule has 0 saturated heterocycles. The average Bonchev–Trinajstić information content (AvgIpc) is 2.55. The molecule has 0 aliphatic heterocycles. The van der Waals surface area contributed by atoms with Crippen LogP contribution in [0.2, 0.25) is 0 Å². The summed E-state index contributed by atoms with van der Waals surface area (Å²) >= 11 is 0. The highest BCUT2D eigenvalue weighted by Gasteiger charge is 2.33. The van der Waals surface area contributed by atoms with Crippen molar-refractivity contribution in [3.63, 3.8) is 0 Å². The number of benzene rings is 1. The van der Waals surface area contributed by atoms with E-state index < -0.39 is 0 Å². The van der Waals surface area contributed by atoms with Crippen LogP contribution in [0.25, 0.3) is 0 Å². The lowest BCUT2D eigenvalue weighted by Crippen LogP contribution is -2.33. The fourth-order valence-electron chi connectivity index (χ4n) is 2.26. The third-order valence-corrected chi connectivity index (χ3v) is 3.30. The molecule has 0 spiro atoms. The van der Waals surface area contributed by atoms with Crippen LogP contribution >= 0.6 is 0 Å². The zero-order valence-corrected chi connectivity index (χ0v) is 9.29. The van der Waals surface area contributed by atoms with Gasteiger partial charge in [-0.1, -0.05) is 24.6 Å². The molecule has 15 heavy (non-hydrogen) atoms. The number of hydrogen-bond donors (Lipinski definition) is 1. The summed E-state index contributed by atoms with van der Waals surface area (Å²) in [5, 5.41) is 0. The molecule has 0 amide bonds. The van der Waals surface area contributed by atoms with Crippen LogP contribution in [0.15, 0.2) is 18.2 Å². The van der Waals surface area contributed by atoms with Gasteiger partial charge in [0.05, 0.1) is 0 Å². The summed E-state index contributed by atoms with van der Waals surface area (Å²) in [5.41, 5.74) is 9.17. The zero-order valence-electron chi connectivity index (χ0n) is 9.29. The molecule has 2 heteroatoms. The van der Waals surface area contributed by atoms with Crippen molar-refractivity contribution < 1.29 is 4.79 Å². The Labute approximate surface area is 90.5 Å². The number of fused-ring (bicyclic) bond motifs is 1.